The second-order valence-corrected chi connectivity index (χ2v) is 7.82. The van der Waals surface area contributed by atoms with E-state index in [1.165, 1.54) is 0 Å². The molecule has 0 unspecified atom stereocenters. The Morgan fingerprint density at radius 1 is 0.966 bits per heavy atom. The first-order valence-electron chi connectivity index (χ1n) is 9.48. The zero-order valence-corrected chi connectivity index (χ0v) is 18.0. The first-order chi connectivity index (χ1) is 13.9. The van der Waals surface area contributed by atoms with Gasteiger partial charge in [0, 0.05) is 18.5 Å². The van der Waals surface area contributed by atoms with Crippen molar-refractivity contribution in [3.8, 4) is 17.2 Å². The number of aliphatic hydroxyl groups excluding tert-OH is 2. The maximum absolute atomic E-state index is 9.47. The summed E-state index contributed by atoms with van der Waals surface area (Å²) in [6.45, 7) is 3.65. The minimum Gasteiger partial charge on any atom is -0.493 e. The molecule has 0 aromatic heterocycles. The quantitative estimate of drug-likeness (QED) is 0.511. The lowest BCUT2D eigenvalue weighted by Crippen LogP contribution is -2.38. The molecule has 7 heteroatoms. The molecule has 0 fully saturated rings. The highest BCUT2D eigenvalue weighted by molar-refractivity contribution is 6.32. The molecule has 0 heterocycles. The summed E-state index contributed by atoms with van der Waals surface area (Å²) in [4.78, 5) is 2.05. The van der Waals surface area contributed by atoms with Crippen LogP contribution < -0.4 is 14.2 Å². The van der Waals surface area contributed by atoms with Crippen LogP contribution >= 0.6 is 11.6 Å². The molecular formula is C22H30ClNO5. The van der Waals surface area contributed by atoms with Gasteiger partial charge in [-0.05, 0) is 36.9 Å². The summed E-state index contributed by atoms with van der Waals surface area (Å²) in [7, 11) is 3.55. The second kappa shape index (κ2) is 11.3. The highest BCUT2D eigenvalue weighted by atomic mass is 35.5. The van der Waals surface area contributed by atoms with Crippen molar-refractivity contribution >= 4 is 11.6 Å². The zero-order chi connectivity index (χ0) is 21.3. The Morgan fingerprint density at radius 2 is 1.62 bits per heavy atom. The Morgan fingerprint density at radius 3 is 2.24 bits per heavy atom. The fraction of sp³-hybridized carbons (Fsp3) is 0.455. The van der Waals surface area contributed by atoms with Crippen LogP contribution in [0, 0.1) is 5.41 Å². The molecular weight excluding hydrogens is 394 g/mol. The van der Waals surface area contributed by atoms with Crippen LogP contribution in [-0.2, 0) is 6.54 Å². The zero-order valence-electron chi connectivity index (χ0n) is 17.2. The Balaban J connectivity index is 1.90. The maximum atomic E-state index is 9.47. The van der Waals surface area contributed by atoms with Gasteiger partial charge in [0.25, 0.3) is 0 Å². The number of ether oxygens (including phenoxy) is 3. The standard InChI is InChI=1S/C22H30ClNO5/c1-22(15-25,16-26)14-24(2)13-17-8-9-20(21(12-17)27-3)29-11-10-28-19-7-5-4-6-18(19)23/h4-9,12,25-26H,10-11,13-16H2,1-3H3. The fourth-order valence-electron chi connectivity index (χ4n) is 2.96. The van der Waals surface area contributed by atoms with E-state index in [9.17, 15) is 10.2 Å². The van der Waals surface area contributed by atoms with Crippen LogP contribution in [0.25, 0.3) is 0 Å². The van der Waals surface area contributed by atoms with E-state index in [2.05, 4.69) is 4.90 Å². The summed E-state index contributed by atoms with van der Waals surface area (Å²) in [6.07, 6.45) is 0. The number of aliphatic hydroxyl groups is 2. The molecule has 2 aromatic carbocycles. The third kappa shape index (κ3) is 7.08. The lowest BCUT2D eigenvalue weighted by molar-refractivity contribution is 0.0402. The Bertz CT molecular complexity index is 767. The van der Waals surface area contributed by atoms with Crippen LogP contribution in [0.15, 0.2) is 42.5 Å². The number of para-hydroxylation sites is 1. The van der Waals surface area contributed by atoms with Crippen molar-refractivity contribution < 1.29 is 24.4 Å². The van der Waals surface area contributed by atoms with Crippen molar-refractivity contribution in [2.75, 3.05) is 47.1 Å². The number of benzene rings is 2. The molecule has 0 spiro atoms. The minimum atomic E-state index is -0.538. The molecule has 0 aliphatic carbocycles. The number of hydrogen-bond donors (Lipinski definition) is 2. The van der Waals surface area contributed by atoms with Crippen molar-refractivity contribution in [3.63, 3.8) is 0 Å². The van der Waals surface area contributed by atoms with Gasteiger partial charge >= 0.3 is 0 Å². The topological polar surface area (TPSA) is 71.4 Å². The van der Waals surface area contributed by atoms with E-state index in [1.54, 1.807) is 13.2 Å². The van der Waals surface area contributed by atoms with Crippen LogP contribution in [-0.4, -0.2) is 62.2 Å². The third-order valence-corrected chi connectivity index (χ3v) is 4.84. The van der Waals surface area contributed by atoms with Gasteiger partial charge in [-0.25, -0.2) is 0 Å². The molecule has 0 aliphatic rings. The summed E-state index contributed by atoms with van der Waals surface area (Å²) >= 11 is 6.07. The third-order valence-electron chi connectivity index (χ3n) is 4.53. The van der Waals surface area contributed by atoms with Gasteiger partial charge in [0.15, 0.2) is 11.5 Å². The van der Waals surface area contributed by atoms with E-state index >= 15 is 0 Å². The summed E-state index contributed by atoms with van der Waals surface area (Å²) in [6, 6.07) is 13.1. The predicted octanol–water partition coefficient (Wildman–Crippen LogP) is 3.23. The largest absolute Gasteiger partial charge is 0.493 e. The monoisotopic (exact) mass is 423 g/mol. The van der Waals surface area contributed by atoms with Gasteiger partial charge in [-0.15, -0.1) is 0 Å². The van der Waals surface area contributed by atoms with Crippen LogP contribution in [0.3, 0.4) is 0 Å². The predicted molar refractivity (Wildman–Crippen MR) is 114 cm³/mol. The van der Waals surface area contributed by atoms with E-state index in [-0.39, 0.29) is 13.2 Å². The average Bonchev–Trinajstić information content (AvgIpc) is 2.72. The first kappa shape index (κ1) is 23.3. The molecule has 0 aliphatic heterocycles. The van der Waals surface area contributed by atoms with E-state index in [1.807, 2.05) is 50.4 Å². The molecule has 0 bridgehead atoms. The molecule has 0 saturated heterocycles. The maximum Gasteiger partial charge on any atom is 0.161 e. The molecule has 29 heavy (non-hydrogen) atoms. The number of halogens is 1. The summed E-state index contributed by atoms with van der Waals surface area (Å²) in [5, 5.41) is 19.5. The molecule has 0 atom stereocenters. The van der Waals surface area contributed by atoms with Crippen LogP contribution in [0.1, 0.15) is 12.5 Å². The normalized spacial score (nSPS) is 11.6. The fourth-order valence-corrected chi connectivity index (χ4v) is 3.15. The molecule has 0 amide bonds. The van der Waals surface area contributed by atoms with Crippen molar-refractivity contribution in [1.82, 2.24) is 4.90 Å². The van der Waals surface area contributed by atoms with Crippen molar-refractivity contribution in [1.29, 1.82) is 0 Å². The SMILES string of the molecule is COc1cc(CN(C)CC(C)(CO)CO)ccc1OCCOc1ccccc1Cl. The molecule has 2 N–H and O–H groups in total. The highest BCUT2D eigenvalue weighted by Gasteiger charge is 2.24. The number of hydrogen-bond acceptors (Lipinski definition) is 6. The van der Waals surface area contributed by atoms with Gasteiger partial charge in [0.1, 0.15) is 19.0 Å². The van der Waals surface area contributed by atoms with E-state index in [0.717, 1.165) is 5.56 Å². The first-order valence-corrected chi connectivity index (χ1v) is 9.86. The smallest absolute Gasteiger partial charge is 0.161 e. The summed E-state index contributed by atoms with van der Waals surface area (Å²) in [5.41, 5.74) is 0.506. The number of nitrogens with zero attached hydrogens (tertiary/aromatic N) is 1. The average molecular weight is 424 g/mol. The second-order valence-electron chi connectivity index (χ2n) is 7.41. The van der Waals surface area contributed by atoms with Crippen molar-refractivity contribution in [2.24, 2.45) is 5.41 Å². The van der Waals surface area contributed by atoms with E-state index < -0.39 is 5.41 Å². The lowest BCUT2D eigenvalue weighted by atomic mass is 9.92. The molecule has 0 radical (unpaired) electrons. The Hall–Kier alpha value is -1.99. The van der Waals surface area contributed by atoms with Gasteiger partial charge in [0.2, 0.25) is 0 Å². The summed E-state index contributed by atoms with van der Waals surface area (Å²) < 4.78 is 16.9. The van der Waals surface area contributed by atoms with Gasteiger partial charge < -0.3 is 29.3 Å². The Kier molecular flexibility index (Phi) is 9.04. The number of rotatable bonds is 12. The van der Waals surface area contributed by atoms with Crippen molar-refractivity contribution in [3.05, 3.63) is 53.1 Å². The molecule has 6 nitrogen and oxygen atoms in total. The van der Waals surface area contributed by atoms with Crippen LogP contribution in [0.2, 0.25) is 5.02 Å². The van der Waals surface area contributed by atoms with Crippen LogP contribution in [0.5, 0.6) is 17.2 Å². The van der Waals surface area contributed by atoms with Crippen LogP contribution in [0.4, 0.5) is 0 Å². The van der Waals surface area contributed by atoms with Gasteiger partial charge in [-0.2, -0.15) is 0 Å². The molecule has 2 aromatic rings. The van der Waals surface area contributed by atoms with Gasteiger partial charge in [0.05, 0.1) is 25.3 Å². The molecule has 2 rings (SSSR count). The lowest BCUT2D eigenvalue weighted by Gasteiger charge is -2.30. The van der Waals surface area contributed by atoms with E-state index in [4.69, 9.17) is 25.8 Å². The summed E-state index contributed by atoms with van der Waals surface area (Å²) in [5.74, 6) is 1.90. The van der Waals surface area contributed by atoms with E-state index in [0.29, 0.717) is 48.6 Å². The van der Waals surface area contributed by atoms with Gasteiger partial charge in [-0.1, -0.05) is 36.7 Å². The van der Waals surface area contributed by atoms with Gasteiger partial charge in [-0.3, -0.25) is 0 Å². The minimum absolute atomic E-state index is 0.0692. The van der Waals surface area contributed by atoms with Crippen molar-refractivity contribution in [2.45, 2.75) is 13.5 Å². The molecule has 0 saturated carbocycles. The highest BCUT2D eigenvalue weighted by Crippen LogP contribution is 2.29. The number of methoxy groups -OCH3 is 1. The Labute approximate surface area is 177 Å². The molecule has 160 valence electrons.